The fraction of sp³-hybridized carbons (Fsp3) is 0.190. The minimum atomic E-state index is -1.00. The lowest BCUT2D eigenvalue weighted by molar-refractivity contribution is -0.145. The van der Waals surface area contributed by atoms with E-state index in [0.29, 0.717) is 33.7 Å². The minimum absolute atomic E-state index is 0.235. The molecule has 0 aliphatic carbocycles. The molecule has 1 amide bonds. The third-order valence-electron chi connectivity index (χ3n) is 4.06. The number of rotatable bonds is 7. The molecule has 7 nitrogen and oxygen atoms in total. The van der Waals surface area contributed by atoms with Gasteiger partial charge in [0.05, 0.1) is 12.0 Å². The fourth-order valence-corrected chi connectivity index (χ4v) is 3.41. The maximum Gasteiger partial charge on any atom is 0.344 e. The van der Waals surface area contributed by atoms with E-state index in [0.717, 1.165) is 5.56 Å². The lowest BCUT2D eigenvalue weighted by atomic mass is 10.2. The van der Waals surface area contributed by atoms with Crippen molar-refractivity contribution < 1.29 is 24.2 Å². The number of carboxylic acids is 1. The first-order chi connectivity index (χ1) is 14.0. The number of ether oxygens (including phenoxy) is 2. The molecule has 1 unspecified atom stereocenters. The molecule has 1 saturated heterocycles. The molecule has 1 heterocycles. The molecule has 29 heavy (non-hydrogen) atoms. The number of carbonyl (C=O) groups excluding carboxylic acids is 1. The van der Waals surface area contributed by atoms with Gasteiger partial charge in [0, 0.05) is 0 Å². The molecular formula is C21H20N2O5S. The Morgan fingerprint density at radius 3 is 2.62 bits per heavy atom. The number of aliphatic imine (C=N–C) groups is 1. The quantitative estimate of drug-likeness (QED) is 0.671. The number of carboxylic acid groups (broad SMARTS) is 1. The van der Waals surface area contributed by atoms with Gasteiger partial charge in [0.1, 0.15) is 17.2 Å². The number of nitrogens with zero attached hydrogens (tertiary/aromatic N) is 1. The van der Waals surface area contributed by atoms with Crippen molar-refractivity contribution in [2.45, 2.75) is 19.4 Å². The molecule has 0 radical (unpaired) electrons. The Morgan fingerprint density at radius 2 is 1.97 bits per heavy atom. The van der Waals surface area contributed by atoms with Crippen molar-refractivity contribution in [1.82, 2.24) is 5.32 Å². The van der Waals surface area contributed by atoms with Crippen LogP contribution in [0.15, 0.2) is 58.4 Å². The zero-order valence-electron chi connectivity index (χ0n) is 15.9. The molecule has 2 aromatic carbocycles. The summed E-state index contributed by atoms with van der Waals surface area (Å²) in [6, 6.07) is 14.2. The van der Waals surface area contributed by atoms with Gasteiger partial charge in [-0.1, -0.05) is 31.2 Å². The summed E-state index contributed by atoms with van der Waals surface area (Å²) in [5, 5.41) is 12.3. The molecule has 8 heteroatoms. The summed E-state index contributed by atoms with van der Waals surface area (Å²) in [6.45, 7) is 1.75. The van der Waals surface area contributed by atoms with Gasteiger partial charge in [0.15, 0.2) is 11.3 Å². The summed E-state index contributed by atoms with van der Waals surface area (Å²) in [5.41, 5.74) is 1.42. The highest BCUT2D eigenvalue weighted by molar-refractivity contribution is 8.18. The summed E-state index contributed by atoms with van der Waals surface area (Å²) in [5.74, 6) is -0.154. The summed E-state index contributed by atoms with van der Waals surface area (Å²) in [7, 11) is 1.57. The first-order valence-corrected chi connectivity index (χ1v) is 9.74. The van der Waals surface area contributed by atoms with Crippen LogP contribution >= 0.6 is 11.8 Å². The molecule has 2 N–H and O–H groups in total. The predicted molar refractivity (Wildman–Crippen MR) is 113 cm³/mol. The molecule has 3 rings (SSSR count). The van der Waals surface area contributed by atoms with Crippen LogP contribution < -0.4 is 14.8 Å². The van der Waals surface area contributed by atoms with Crippen molar-refractivity contribution in [2.24, 2.45) is 4.99 Å². The van der Waals surface area contributed by atoms with Gasteiger partial charge in [-0.25, -0.2) is 9.79 Å². The van der Waals surface area contributed by atoms with Crippen LogP contribution in [-0.2, 0) is 9.59 Å². The van der Waals surface area contributed by atoms with Gasteiger partial charge in [0.25, 0.3) is 5.91 Å². The number of nitrogens with one attached hydrogen (secondary N) is 1. The SMILES string of the molecule is CCC(Oc1ccc(/C=C2/SC(=Nc3ccccc3OC)NC2=O)cc1)C(=O)O. The minimum Gasteiger partial charge on any atom is -0.494 e. The van der Waals surface area contributed by atoms with Crippen molar-refractivity contribution in [3.8, 4) is 11.5 Å². The highest BCUT2D eigenvalue weighted by Crippen LogP contribution is 2.32. The summed E-state index contributed by atoms with van der Waals surface area (Å²) in [4.78, 5) is 28.3. The number of amidine groups is 1. The van der Waals surface area contributed by atoms with Gasteiger partial charge in [-0.05, 0) is 54.1 Å². The third kappa shape index (κ3) is 5.17. The summed E-state index contributed by atoms with van der Waals surface area (Å²) < 4.78 is 10.7. The highest BCUT2D eigenvalue weighted by Gasteiger charge is 2.24. The molecule has 0 bridgehead atoms. The molecule has 1 aliphatic heterocycles. The maximum absolute atomic E-state index is 12.3. The number of hydrogen-bond donors (Lipinski definition) is 2. The predicted octanol–water partition coefficient (Wildman–Crippen LogP) is 3.83. The van der Waals surface area contributed by atoms with Gasteiger partial charge < -0.3 is 19.9 Å². The van der Waals surface area contributed by atoms with Gasteiger partial charge in [-0.2, -0.15) is 0 Å². The number of amides is 1. The second-order valence-electron chi connectivity index (χ2n) is 6.08. The van der Waals surface area contributed by atoms with Crippen LogP contribution in [0.2, 0.25) is 0 Å². The van der Waals surface area contributed by atoms with Crippen LogP contribution in [-0.4, -0.2) is 35.4 Å². The molecule has 1 aliphatic rings. The van der Waals surface area contributed by atoms with Crippen molar-refractivity contribution in [2.75, 3.05) is 7.11 Å². The van der Waals surface area contributed by atoms with Crippen molar-refractivity contribution in [3.05, 3.63) is 59.0 Å². The molecule has 150 valence electrons. The Hall–Kier alpha value is -3.26. The van der Waals surface area contributed by atoms with E-state index in [-0.39, 0.29) is 5.91 Å². The second kappa shape index (κ2) is 9.29. The normalized spacial score (nSPS) is 17.2. The Bertz CT molecular complexity index is 969. The van der Waals surface area contributed by atoms with Crippen molar-refractivity contribution >= 4 is 40.6 Å². The number of benzene rings is 2. The zero-order valence-corrected chi connectivity index (χ0v) is 16.7. The highest BCUT2D eigenvalue weighted by atomic mass is 32.2. The molecule has 1 atom stereocenters. The lowest BCUT2D eigenvalue weighted by Gasteiger charge is -2.13. The van der Waals surface area contributed by atoms with E-state index < -0.39 is 12.1 Å². The average Bonchev–Trinajstić information content (AvgIpc) is 3.06. The molecule has 1 fully saturated rings. The monoisotopic (exact) mass is 412 g/mol. The smallest absolute Gasteiger partial charge is 0.344 e. The van der Waals surface area contributed by atoms with Gasteiger partial charge in [0.2, 0.25) is 0 Å². The van der Waals surface area contributed by atoms with Crippen molar-refractivity contribution in [1.29, 1.82) is 0 Å². The lowest BCUT2D eigenvalue weighted by Crippen LogP contribution is -2.25. The first-order valence-electron chi connectivity index (χ1n) is 8.92. The fourth-order valence-electron chi connectivity index (χ4n) is 2.58. The molecule has 2 aromatic rings. The topological polar surface area (TPSA) is 97.2 Å². The van der Waals surface area contributed by atoms with E-state index >= 15 is 0 Å². The zero-order chi connectivity index (χ0) is 20.8. The number of aliphatic carboxylic acids is 1. The van der Waals surface area contributed by atoms with Crippen LogP contribution in [0.25, 0.3) is 6.08 Å². The molecule has 0 saturated carbocycles. The van der Waals surface area contributed by atoms with E-state index in [2.05, 4.69) is 10.3 Å². The maximum atomic E-state index is 12.3. The van der Waals surface area contributed by atoms with Crippen LogP contribution in [0.5, 0.6) is 11.5 Å². The second-order valence-corrected chi connectivity index (χ2v) is 7.11. The number of para-hydroxylation sites is 2. The molecule has 0 spiro atoms. The number of carbonyl (C=O) groups is 2. The van der Waals surface area contributed by atoms with E-state index in [4.69, 9.17) is 14.6 Å². The van der Waals surface area contributed by atoms with Crippen LogP contribution in [0.4, 0.5) is 5.69 Å². The van der Waals surface area contributed by atoms with E-state index in [9.17, 15) is 9.59 Å². The number of hydrogen-bond acceptors (Lipinski definition) is 6. The van der Waals surface area contributed by atoms with Gasteiger partial charge in [-0.15, -0.1) is 0 Å². The van der Waals surface area contributed by atoms with Crippen LogP contribution in [0, 0.1) is 0 Å². The third-order valence-corrected chi connectivity index (χ3v) is 4.97. The molecular weight excluding hydrogens is 392 g/mol. The average molecular weight is 412 g/mol. The van der Waals surface area contributed by atoms with Gasteiger partial charge in [-0.3, -0.25) is 4.79 Å². The van der Waals surface area contributed by atoms with Gasteiger partial charge >= 0.3 is 5.97 Å². The first kappa shape index (κ1) is 20.5. The standard InChI is InChI=1S/C21H20N2O5S/c1-3-16(20(25)26)28-14-10-8-13(9-11-14)12-18-19(24)23-21(29-18)22-15-6-4-5-7-17(15)27-2/h4-12,16H,3H2,1-2H3,(H,25,26)(H,22,23,24)/b18-12+. The largest absolute Gasteiger partial charge is 0.494 e. The Kier molecular flexibility index (Phi) is 6.56. The number of thioether (sulfide) groups is 1. The van der Waals surface area contributed by atoms with Crippen LogP contribution in [0.3, 0.4) is 0 Å². The summed E-state index contributed by atoms with van der Waals surface area (Å²) >= 11 is 1.24. The molecule has 0 aromatic heterocycles. The van der Waals surface area contributed by atoms with E-state index in [1.165, 1.54) is 11.8 Å². The summed E-state index contributed by atoms with van der Waals surface area (Å²) in [6.07, 6.45) is 1.22. The van der Waals surface area contributed by atoms with Crippen LogP contribution in [0.1, 0.15) is 18.9 Å². The van der Waals surface area contributed by atoms with E-state index in [1.54, 1.807) is 56.5 Å². The Morgan fingerprint density at radius 1 is 1.24 bits per heavy atom. The Labute approximate surface area is 172 Å². The Balaban J connectivity index is 1.73. The number of methoxy groups -OCH3 is 1. The van der Waals surface area contributed by atoms with E-state index in [1.807, 2.05) is 12.1 Å². The van der Waals surface area contributed by atoms with Crippen molar-refractivity contribution in [3.63, 3.8) is 0 Å².